The van der Waals surface area contributed by atoms with E-state index in [4.69, 9.17) is 14.2 Å². The van der Waals surface area contributed by atoms with Gasteiger partial charge in [0.1, 0.15) is 19.3 Å². The van der Waals surface area contributed by atoms with Crippen molar-refractivity contribution in [1.82, 2.24) is 4.90 Å². The van der Waals surface area contributed by atoms with Crippen LogP contribution in [-0.4, -0.2) is 62.8 Å². The maximum atomic E-state index is 12.4. The molecule has 0 aliphatic carbocycles. The first kappa shape index (κ1) is 41.9. The molecule has 0 saturated carbocycles. The average molecular weight is 622 g/mol. The molecule has 0 bridgehead atoms. The molecule has 0 aliphatic rings. The number of ether oxygens (including phenoxy) is 3. The molecule has 0 fully saturated rings. The number of carbonyl (C=O) groups excluding carboxylic acids is 3. The molecule has 0 aromatic carbocycles. The topological polar surface area (TPSA) is 82.1 Å². The van der Waals surface area contributed by atoms with Crippen LogP contribution in [0.5, 0.6) is 0 Å². The molecule has 7 nitrogen and oxygen atoms in total. The highest BCUT2D eigenvalue weighted by Crippen LogP contribution is 2.17. The fourth-order valence-electron chi connectivity index (χ4n) is 4.86. The molecular formula is C37H67NO6. The van der Waals surface area contributed by atoms with Crippen LogP contribution < -0.4 is 0 Å². The van der Waals surface area contributed by atoms with Crippen LogP contribution in [0.4, 0.5) is 0 Å². The van der Waals surface area contributed by atoms with Gasteiger partial charge in [0.15, 0.2) is 0 Å². The smallest absolute Gasteiger partial charge is 0.306 e. The highest BCUT2D eigenvalue weighted by atomic mass is 16.5. The van der Waals surface area contributed by atoms with Crippen molar-refractivity contribution in [2.45, 2.75) is 161 Å². The summed E-state index contributed by atoms with van der Waals surface area (Å²) in [6.45, 7) is 5.99. The van der Waals surface area contributed by atoms with Crippen molar-refractivity contribution in [2.75, 3.05) is 33.9 Å². The number of hydrogen-bond acceptors (Lipinski definition) is 7. The maximum Gasteiger partial charge on any atom is 0.306 e. The SMILES string of the molecule is CCCCC/C=C\COC(=O)CCCCCCC(CCCCCCC(=O)OC/C=C\CCCCC)OC(=O)CCCN(C)C. The van der Waals surface area contributed by atoms with Crippen molar-refractivity contribution in [2.24, 2.45) is 0 Å². The summed E-state index contributed by atoms with van der Waals surface area (Å²) in [5.74, 6) is -0.368. The lowest BCUT2D eigenvalue weighted by Crippen LogP contribution is -2.20. The summed E-state index contributed by atoms with van der Waals surface area (Å²) in [6.07, 6.45) is 28.8. The Labute approximate surface area is 270 Å². The van der Waals surface area contributed by atoms with Gasteiger partial charge in [-0.1, -0.05) is 89.5 Å². The van der Waals surface area contributed by atoms with Gasteiger partial charge in [0.05, 0.1) is 0 Å². The predicted octanol–water partition coefficient (Wildman–Crippen LogP) is 9.28. The normalized spacial score (nSPS) is 11.7. The molecular weight excluding hydrogens is 554 g/mol. The van der Waals surface area contributed by atoms with Gasteiger partial charge >= 0.3 is 17.9 Å². The summed E-state index contributed by atoms with van der Waals surface area (Å²) in [5.41, 5.74) is 0. The molecule has 0 radical (unpaired) electrons. The molecule has 0 N–H and O–H groups in total. The van der Waals surface area contributed by atoms with E-state index in [1.165, 1.54) is 38.5 Å². The van der Waals surface area contributed by atoms with Crippen LogP contribution in [0, 0.1) is 0 Å². The number of hydrogen-bond donors (Lipinski definition) is 0. The molecule has 0 heterocycles. The number of nitrogens with zero attached hydrogens (tertiary/aromatic N) is 1. The molecule has 0 aliphatic heterocycles. The number of esters is 3. The Hall–Kier alpha value is -2.15. The van der Waals surface area contributed by atoms with Gasteiger partial charge in [-0.2, -0.15) is 0 Å². The largest absolute Gasteiger partial charge is 0.462 e. The van der Waals surface area contributed by atoms with Gasteiger partial charge in [-0.3, -0.25) is 14.4 Å². The summed E-state index contributed by atoms with van der Waals surface area (Å²) in [7, 11) is 4.01. The van der Waals surface area contributed by atoms with Crippen LogP contribution in [0.25, 0.3) is 0 Å². The second-order valence-corrected chi connectivity index (χ2v) is 12.2. The number of allylic oxidation sites excluding steroid dienone is 2. The Morgan fingerprint density at radius 3 is 1.45 bits per heavy atom. The number of unbranched alkanes of at least 4 members (excludes halogenated alkanes) is 12. The fourth-order valence-corrected chi connectivity index (χ4v) is 4.86. The van der Waals surface area contributed by atoms with Crippen molar-refractivity contribution in [3.63, 3.8) is 0 Å². The molecule has 0 aromatic heterocycles. The molecule has 0 spiro atoms. The molecule has 44 heavy (non-hydrogen) atoms. The Balaban J connectivity index is 4.18. The molecule has 256 valence electrons. The monoisotopic (exact) mass is 621 g/mol. The zero-order chi connectivity index (χ0) is 32.5. The Bertz CT molecular complexity index is 700. The molecule has 0 atom stereocenters. The summed E-state index contributed by atoms with van der Waals surface area (Å²) >= 11 is 0. The van der Waals surface area contributed by atoms with E-state index in [9.17, 15) is 14.4 Å². The van der Waals surface area contributed by atoms with Crippen molar-refractivity contribution >= 4 is 17.9 Å². The van der Waals surface area contributed by atoms with Gasteiger partial charge in [-0.15, -0.1) is 0 Å². The molecule has 7 heteroatoms. The first-order valence-corrected chi connectivity index (χ1v) is 17.8. The maximum absolute atomic E-state index is 12.4. The van der Waals surface area contributed by atoms with E-state index in [1.807, 2.05) is 26.2 Å². The Morgan fingerprint density at radius 2 is 1.00 bits per heavy atom. The lowest BCUT2D eigenvalue weighted by molar-refractivity contribution is -0.150. The van der Waals surface area contributed by atoms with E-state index >= 15 is 0 Å². The van der Waals surface area contributed by atoms with Crippen LogP contribution in [0.3, 0.4) is 0 Å². The lowest BCUT2D eigenvalue weighted by Gasteiger charge is -2.18. The van der Waals surface area contributed by atoms with E-state index in [-0.39, 0.29) is 24.0 Å². The van der Waals surface area contributed by atoms with E-state index in [0.29, 0.717) is 32.5 Å². The first-order valence-electron chi connectivity index (χ1n) is 17.8. The summed E-state index contributed by atoms with van der Waals surface area (Å²) in [4.78, 5) is 38.4. The zero-order valence-electron chi connectivity index (χ0n) is 29.0. The minimum Gasteiger partial charge on any atom is -0.462 e. The fraction of sp³-hybridized carbons (Fsp3) is 0.811. The minimum absolute atomic E-state index is 0.0648. The van der Waals surface area contributed by atoms with Crippen LogP contribution in [0.2, 0.25) is 0 Å². The molecule has 0 aromatic rings. The third-order valence-corrected chi connectivity index (χ3v) is 7.56. The number of carbonyl (C=O) groups is 3. The van der Waals surface area contributed by atoms with Crippen LogP contribution in [0.1, 0.15) is 155 Å². The van der Waals surface area contributed by atoms with Gasteiger partial charge in [0.25, 0.3) is 0 Å². The Morgan fingerprint density at radius 1 is 0.545 bits per heavy atom. The first-order chi connectivity index (χ1) is 21.4. The van der Waals surface area contributed by atoms with E-state index < -0.39 is 0 Å². The third-order valence-electron chi connectivity index (χ3n) is 7.56. The molecule has 0 rings (SSSR count). The van der Waals surface area contributed by atoms with Crippen molar-refractivity contribution in [3.05, 3.63) is 24.3 Å². The molecule has 0 unspecified atom stereocenters. The highest BCUT2D eigenvalue weighted by Gasteiger charge is 2.15. The third kappa shape index (κ3) is 31.3. The zero-order valence-corrected chi connectivity index (χ0v) is 29.0. The molecule has 0 saturated heterocycles. The van der Waals surface area contributed by atoms with Crippen LogP contribution >= 0.6 is 0 Å². The van der Waals surface area contributed by atoms with Gasteiger partial charge in [-0.25, -0.2) is 0 Å². The quantitative estimate of drug-likeness (QED) is 0.0330. The predicted molar refractivity (Wildman–Crippen MR) is 182 cm³/mol. The minimum atomic E-state index is -0.129. The van der Waals surface area contributed by atoms with Crippen molar-refractivity contribution in [1.29, 1.82) is 0 Å². The van der Waals surface area contributed by atoms with Crippen LogP contribution in [0.15, 0.2) is 24.3 Å². The van der Waals surface area contributed by atoms with Gasteiger partial charge < -0.3 is 19.1 Å². The summed E-state index contributed by atoms with van der Waals surface area (Å²) < 4.78 is 16.5. The van der Waals surface area contributed by atoms with Crippen molar-refractivity contribution < 1.29 is 28.6 Å². The lowest BCUT2D eigenvalue weighted by atomic mass is 10.0. The van der Waals surface area contributed by atoms with E-state index in [2.05, 4.69) is 30.9 Å². The van der Waals surface area contributed by atoms with E-state index in [0.717, 1.165) is 90.0 Å². The summed E-state index contributed by atoms with van der Waals surface area (Å²) in [6, 6.07) is 0. The average Bonchev–Trinajstić information content (AvgIpc) is 2.99. The van der Waals surface area contributed by atoms with Crippen LogP contribution in [-0.2, 0) is 28.6 Å². The van der Waals surface area contributed by atoms with Crippen molar-refractivity contribution in [3.8, 4) is 0 Å². The highest BCUT2D eigenvalue weighted by molar-refractivity contribution is 5.70. The van der Waals surface area contributed by atoms with Gasteiger partial charge in [-0.05, 0) is 91.3 Å². The second kappa shape index (κ2) is 32.2. The van der Waals surface area contributed by atoms with E-state index in [1.54, 1.807) is 0 Å². The Kier molecular flexibility index (Phi) is 30.7. The number of rotatable bonds is 31. The summed E-state index contributed by atoms with van der Waals surface area (Å²) in [5, 5.41) is 0. The van der Waals surface area contributed by atoms with Gasteiger partial charge in [0, 0.05) is 19.3 Å². The van der Waals surface area contributed by atoms with Gasteiger partial charge in [0.2, 0.25) is 0 Å². The molecule has 0 amide bonds. The second-order valence-electron chi connectivity index (χ2n) is 12.2. The standard InChI is InChI=1S/C37H67NO6/c1-5-7-9-11-17-23-32-42-35(39)28-21-15-13-19-26-34(44-37(41)30-25-31-38(3)4)27-20-14-16-22-29-36(40)43-33-24-18-12-10-8-6-2/h17-18,23-24,34H,5-16,19-22,25-33H2,1-4H3/b23-17-,24-18-.